The summed E-state index contributed by atoms with van der Waals surface area (Å²) < 4.78 is 0. The standard InChI is InChI=1S/C16H20N2S/c1-4-15(17)16-8-7-14(10-18-16)19-13-6-5-11(2)12(3)9-13/h5-10,15H,4,17H2,1-3H3. The van der Waals surface area contributed by atoms with Crippen molar-refractivity contribution in [2.24, 2.45) is 5.73 Å². The van der Waals surface area contributed by atoms with Crippen LogP contribution >= 0.6 is 11.8 Å². The largest absolute Gasteiger partial charge is 0.323 e. The molecule has 1 atom stereocenters. The third kappa shape index (κ3) is 3.58. The highest BCUT2D eigenvalue weighted by molar-refractivity contribution is 7.99. The molecule has 1 heterocycles. The molecule has 2 nitrogen and oxygen atoms in total. The van der Waals surface area contributed by atoms with Gasteiger partial charge < -0.3 is 5.73 Å². The summed E-state index contributed by atoms with van der Waals surface area (Å²) >= 11 is 1.74. The fraction of sp³-hybridized carbons (Fsp3) is 0.312. The molecule has 1 aromatic carbocycles. The second kappa shape index (κ2) is 6.22. The normalized spacial score (nSPS) is 12.4. The van der Waals surface area contributed by atoms with Gasteiger partial charge in [0.25, 0.3) is 0 Å². The van der Waals surface area contributed by atoms with Gasteiger partial charge in [-0.05, 0) is 55.7 Å². The van der Waals surface area contributed by atoms with E-state index in [9.17, 15) is 0 Å². The smallest absolute Gasteiger partial charge is 0.0571 e. The predicted octanol–water partition coefficient (Wildman–Crippen LogP) is 4.26. The van der Waals surface area contributed by atoms with Crippen LogP contribution in [-0.2, 0) is 0 Å². The van der Waals surface area contributed by atoms with E-state index in [1.807, 2.05) is 12.3 Å². The zero-order valence-corrected chi connectivity index (χ0v) is 12.5. The number of rotatable bonds is 4. The molecule has 2 aromatic rings. The van der Waals surface area contributed by atoms with Crippen molar-refractivity contribution in [1.82, 2.24) is 4.98 Å². The maximum Gasteiger partial charge on any atom is 0.0571 e. The topological polar surface area (TPSA) is 38.9 Å². The molecule has 0 saturated heterocycles. The second-order valence-corrected chi connectivity index (χ2v) is 5.93. The van der Waals surface area contributed by atoms with Crippen molar-refractivity contribution < 1.29 is 0 Å². The van der Waals surface area contributed by atoms with Crippen molar-refractivity contribution in [1.29, 1.82) is 0 Å². The summed E-state index contributed by atoms with van der Waals surface area (Å²) in [5.74, 6) is 0. The molecule has 0 amide bonds. The lowest BCUT2D eigenvalue weighted by molar-refractivity contribution is 0.674. The van der Waals surface area contributed by atoms with Gasteiger partial charge in [0, 0.05) is 22.0 Å². The number of aryl methyl sites for hydroxylation is 2. The molecule has 100 valence electrons. The number of benzene rings is 1. The molecule has 1 unspecified atom stereocenters. The highest BCUT2D eigenvalue weighted by atomic mass is 32.2. The average molecular weight is 272 g/mol. The highest BCUT2D eigenvalue weighted by Crippen LogP contribution is 2.29. The van der Waals surface area contributed by atoms with Crippen molar-refractivity contribution in [3.05, 3.63) is 53.3 Å². The lowest BCUT2D eigenvalue weighted by Gasteiger charge is -2.09. The molecule has 0 bridgehead atoms. The molecule has 0 aliphatic carbocycles. The van der Waals surface area contributed by atoms with Crippen LogP contribution in [0.1, 0.15) is 36.2 Å². The Hall–Kier alpha value is -1.32. The molecule has 0 radical (unpaired) electrons. The first kappa shape index (κ1) is 14.1. The molecular formula is C16H20N2S. The van der Waals surface area contributed by atoms with Crippen molar-refractivity contribution in [3.63, 3.8) is 0 Å². The zero-order valence-electron chi connectivity index (χ0n) is 11.7. The summed E-state index contributed by atoms with van der Waals surface area (Å²) in [6.07, 6.45) is 2.82. The van der Waals surface area contributed by atoms with Gasteiger partial charge in [-0.15, -0.1) is 0 Å². The maximum absolute atomic E-state index is 5.96. The fourth-order valence-electron chi connectivity index (χ4n) is 1.79. The van der Waals surface area contributed by atoms with Crippen molar-refractivity contribution >= 4 is 11.8 Å². The lowest BCUT2D eigenvalue weighted by atomic mass is 10.1. The summed E-state index contributed by atoms with van der Waals surface area (Å²) in [6, 6.07) is 10.7. The van der Waals surface area contributed by atoms with E-state index in [2.05, 4.69) is 50.0 Å². The van der Waals surface area contributed by atoms with E-state index in [1.165, 1.54) is 16.0 Å². The molecule has 3 heteroatoms. The van der Waals surface area contributed by atoms with Gasteiger partial charge in [0.1, 0.15) is 0 Å². The molecule has 0 aliphatic rings. The first-order valence-corrected chi connectivity index (χ1v) is 7.38. The van der Waals surface area contributed by atoms with E-state index in [1.54, 1.807) is 11.8 Å². The van der Waals surface area contributed by atoms with Crippen molar-refractivity contribution in [2.45, 2.75) is 43.0 Å². The van der Waals surface area contributed by atoms with Gasteiger partial charge in [0.05, 0.1) is 5.69 Å². The van der Waals surface area contributed by atoms with Crippen LogP contribution in [0.3, 0.4) is 0 Å². The van der Waals surface area contributed by atoms with Crippen LogP contribution in [0, 0.1) is 13.8 Å². The Labute approximate surface area is 119 Å². The highest BCUT2D eigenvalue weighted by Gasteiger charge is 2.05. The van der Waals surface area contributed by atoms with Crippen LogP contribution in [0.5, 0.6) is 0 Å². The van der Waals surface area contributed by atoms with E-state index >= 15 is 0 Å². The summed E-state index contributed by atoms with van der Waals surface area (Å²) in [5.41, 5.74) is 9.58. The summed E-state index contributed by atoms with van der Waals surface area (Å²) in [7, 11) is 0. The monoisotopic (exact) mass is 272 g/mol. The molecule has 2 N–H and O–H groups in total. The number of nitrogens with two attached hydrogens (primary N) is 1. The van der Waals surface area contributed by atoms with Gasteiger partial charge >= 0.3 is 0 Å². The van der Waals surface area contributed by atoms with Gasteiger partial charge in [-0.2, -0.15) is 0 Å². The lowest BCUT2D eigenvalue weighted by Crippen LogP contribution is -2.10. The van der Waals surface area contributed by atoms with Gasteiger partial charge in [-0.1, -0.05) is 24.8 Å². The predicted molar refractivity (Wildman–Crippen MR) is 81.5 cm³/mol. The van der Waals surface area contributed by atoms with Crippen LogP contribution in [-0.4, -0.2) is 4.98 Å². The molecule has 0 fully saturated rings. The number of hydrogen-bond acceptors (Lipinski definition) is 3. The first-order valence-electron chi connectivity index (χ1n) is 6.56. The molecule has 0 aliphatic heterocycles. The molecule has 19 heavy (non-hydrogen) atoms. The Kier molecular flexibility index (Phi) is 4.61. The fourth-order valence-corrected chi connectivity index (χ4v) is 2.68. The van der Waals surface area contributed by atoms with Crippen molar-refractivity contribution in [3.8, 4) is 0 Å². The van der Waals surface area contributed by atoms with Gasteiger partial charge in [-0.3, -0.25) is 4.98 Å². The molecule has 1 aromatic heterocycles. The van der Waals surface area contributed by atoms with Crippen LogP contribution < -0.4 is 5.73 Å². The molecular weight excluding hydrogens is 252 g/mol. The van der Waals surface area contributed by atoms with Crippen LogP contribution in [0.2, 0.25) is 0 Å². The second-order valence-electron chi connectivity index (χ2n) is 4.78. The van der Waals surface area contributed by atoms with Crippen LogP contribution in [0.25, 0.3) is 0 Å². The van der Waals surface area contributed by atoms with E-state index in [-0.39, 0.29) is 6.04 Å². The Morgan fingerprint density at radius 1 is 1.11 bits per heavy atom. The number of pyridine rings is 1. The summed E-state index contributed by atoms with van der Waals surface area (Å²) in [6.45, 7) is 6.34. The van der Waals surface area contributed by atoms with E-state index in [0.717, 1.165) is 17.0 Å². The van der Waals surface area contributed by atoms with Crippen LogP contribution in [0.4, 0.5) is 0 Å². The third-order valence-corrected chi connectivity index (χ3v) is 4.26. The average Bonchev–Trinajstić information content (AvgIpc) is 2.43. The van der Waals surface area contributed by atoms with E-state index in [0.29, 0.717) is 0 Å². The Balaban J connectivity index is 2.12. The van der Waals surface area contributed by atoms with Gasteiger partial charge in [-0.25, -0.2) is 0 Å². The Bertz CT molecular complexity index is 549. The minimum absolute atomic E-state index is 0.0423. The maximum atomic E-state index is 5.96. The third-order valence-electron chi connectivity index (χ3n) is 3.29. The Morgan fingerprint density at radius 2 is 1.84 bits per heavy atom. The minimum Gasteiger partial charge on any atom is -0.323 e. The number of hydrogen-bond donors (Lipinski definition) is 1. The Morgan fingerprint density at radius 3 is 2.42 bits per heavy atom. The van der Waals surface area contributed by atoms with Crippen molar-refractivity contribution in [2.75, 3.05) is 0 Å². The quantitative estimate of drug-likeness (QED) is 0.904. The van der Waals surface area contributed by atoms with E-state index in [4.69, 9.17) is 5.73 Å². The molecule has 0 saturated carbocycles. The first-order chi connectivity index (χ1) is 9.10. The molecule has 0 spiro atoms. The minimum atomic E-state index is 0.0423. The zero-order chi connectivity index (χ0) is 13.8. The molecule has 2 rings (SSSR count). The van der Waals surface area contributed by atoms with Crippen LogP contribution in [0.15, 0.2) is 46.3 Å². The number of nitrogens with zero attached hydrogens (tertiary/aromatic N) is 1. The van der Waals surface area contributed by atoms with Gasteiger partial charge in [0.15, 0.2) is 0 Å². The van der Waals surface area contributed by atoms with E-state index < -0.39 is 0 Å². The summed E-state index contributed by atoms with van der Waals surface area (Å²) in [4.78, 5) is 6.84. The number of aromatic nitrogens is 1. The van der Waals surface area contributed by atoms with Gasteiger partial charge in [0.2, 0.25) is 0 Å². The SMILES string of the molecule is CCC(N)c1ccc(Sc2ccc(C)c(C)c2)cn1. The summed E-state index contributed by atoms with van der Waals surface area (Å²) in [5, 5.41) is 0.